The van der Waals surface area contributed by atoms with Gasteiger partial charge in [0.2, 0.25) is 0 Å². The standard InChI is InChI=1S/C14H29N.BrH/c1-2-3-4-5-6-10-13-15-14-11-8-7-9-12-14;/h14-15H,2-13H2,1H3;1H. The van der Waals surface area contributed by atoms with E-state index in [4.69, 9.17) is 0 Å². The SMILES string of the molecule is Br.CCCCCCCCNC1CCCCC1. The van der Waals surface area contributed by atoms with Crippen molar-refractivity contribution in [1.82, 2.24) is 5.32 Å². The van der Waals surface area contributed by atoms with Crippen LogP contribution in [0.2, 0.25) is 0 Å². The highest BCUT2D eigenvalue weighted by atomic mass is 79.9. The number of unbranched alkanes of at least 4 members (excludes halogenated alkanes) is 5. The van der Waals surface area contributed by atoms with Gasteiger partial charge in [0.1, 0.15) is 0 Å². The number of rotatable bonds is 8. The molecule has 0 aromatic carbocycles. The summed E-state index contributed by atoms with van der Waals surface area (Å²) in [5.41, 5.74) is 0. The molecule has 16 heavy (non-hydrogen) atoms. The molecule has 1 N–H and O–H groups in total. The van der Waals surface area contributed by atoms with Gasteiger partial charge >= 0.3 is 0 Å². The minimum absolute atomic E-state index is 0. The summed E-state index contributed by atoms with van der Waals surface area (Å²) in [5.74, 6) is 0. The largest absolute Gasteiger partial charge is 0.314 e. The lowest BCUT2D eigenvalue weighted by Gasteiger charge is -2.22. The Kier molecular flexibility index (Phi) is 12.2. The molecule has 0 saturated heterocycles. The maximum atomic E-state index is 3.71. The van der Waals surface area contributed by atoms with Gasteiger partial charge in [0.05, 0.1) is 0 Å². The number of halogens is 1. The molecule has 0 aliphatic heterocycles. The second-order valence-corrected chi connectivity index (χ2v) is 5.06. The topological polar surface area (TPSA) is 12.0 Å². The first-order valence-corrected chi connectivity index (χ1v) is 7.17. The average Bonchev–Trinajstić information content (AvgIpc) is 2.29. The van der Waals surface area contributed by atoms with E-state index < -0.39 is 0 Å². The minimum Gasteiger partial charge on any atom is -0.314 e. The summed E-state index contributed by atoms with van der Waals surface area (Å²) in [6.45, 7) is 3.54. The summed E-state index contributed by atoms with van der Waals surface area (Å²) in [6, 6.07) is 0.856. The first kappa shape index (κ1) is 16.4. The maximum Gasteiger partial charge on any atom is 0.00670 e. The minimum atomic E-state index is 0. The third-order valence-corrected chi connectivity index (χ3v) is 3.57. The quantitative estimate of drug-likeness (QED) is 0.631. The Morgan fingerprint density at radius 3 is 2.19 bits per heavy atom. The van der Waals surface area contributed by atoms with Crippen LogP contribution in [0.5, 0.6) is 0 Å². The van der Waals surface area contributed by atoms with Gasteiger partial charge in [-0.1, -0.05) is 58.3 Å². The van der Waals surface area contributed by atoms with Gasteiger partial charge in [-0.25, -0.2) is 0 Å². The van der Waals surface area contributed by atoms with Crippen LogP contribution >= 0.6 is 17.0 Å². The van der Waals surface area contributed by atoms with Crippen molar-refractivity contribution < 1.29 is 0 Å². The number of nitrogens with one attached hydrogen (secondary N) is 1. The first-order valence-electron chi connectivity index (χ1n) is 7.17. The molecular formula is C14H30BrN. The predicted molar refractivity (Wildman–Crippen MR) is 78.6 cm³/mol. The number of hydrogen-bond donors (Lipinski definition) is 1. The van der Waals surface area contributed by atoms with Crippen molar-refractivity contribution in [2.24, 2.45) is 0 Å². The summed E-state index contributed by atoms with van der Waals surface area (Å²) in [6.07, 6.45) is 15.7. The monoisotopic (exact) mass is 291 g/mol. The second kappa shape index (κ2) is 11.9. The van der Waals surface area contributed by atoms with Crippen LogP contribution in [0.25, 0.3) is 0 Å². The lowest BCUT2D eigenvalue weighted by atomic mass is 9.95. The molecule has 0 heterocycles. The Hall–Kier alpha value is 0.440. The van der Waals surface area contributed by atoms with Crippen molar-refractivity contribution in [3.63, 3.8) is 0 Å². The van der Waals surface area contributed by atoms with Crippen molar-refractivity contribution in [3.05, 3.63) is 0 Å². The van der Waals surface area contributed by atoms with E-state index in [0.717, 1.165) is 6.04 Å². The molecule has 1 rings (SSSR count). The average molecular weight is 292 g/mol. The van der Waals surface area contributed by atoms with Gasteiger partial charge in [0.15, 0.2) is 0 Å². The van der Waals surface area contributed by atoms with Crippen LogP contribution in [0, 0.1) is 0 Å². The van der Waals surface area contributed by atoms with E-state index >= 15 is 0 Å². The Bertz CT molecular complexity index is 133. The van der Waals surface area contributed by atoms with E-state index in [9.17, 15) is 0 Å². The third-order valence-electron chi connectivity index (χ3n) is 3.57. The van der Waals surface area contributed by atoms with Crippen LogP contribution in [0.1, 0.15) is 77.6 Å². The number of hydrogen-bond acceptors (Lipinski definition) is 1. The van der Waals surface area contributed by atoms with E-state index in [1.807, 2.05) is 0 Å². The molecule has 0 bridgehead atoms. The first-order chi connectivity index (χ1) is 7.43. The molecule has 98 valence electrons. The zero-order valence-corrected chi connectivity index (χ0v) is 12.7. The molecule has 1 nitrogen and oxygen atoms in total. The smallest absolute Gasteiger partial charge is 0.00670 e. The van der Waals surface area contributed by atoms with E-state index in [0.29, 0.717) is 0 Å². The van der Waals surface area contributed by atoms with Crippen LogP contribution < -0.4 is 5.32 Å². The second-order valence-electron chi connectivity index (χ2n) is 5.06. The molecular weight excluding hydrogens is 262 g/mol. The molecule has 0 atom stereocenters. The van der Waals surface area contributed by atoms with Crippen LogP contribution in [0.15, 0.2) is 0 Å². The molecule has 0 aromatic rings. The third kappa shape index (κ3) is 8.58. The highest BCUT2D eigenvalue weighted by molar-refractivity contribution is 8.93. The molecule has 1 fully saturated rings. The summed E-state index contributed by atoms with van der Waals surface area (Å²) >= 11 is 0. The van der Waals surface area contributed by atoms with Gasteiger partial charge in [0, 0.05) is 6.04 Å². The summed E-state index contributed by atoms with van der Waals surface area (Å²) in [5, 5.41) is 3.71. The van der Waals surface area contributed by atoms with E-state index in [-0.39, 0.29) is 17.0 Å². The van der Waals surface area contributed by atoms with Crippen LogP contribution in [-0.4, -0.2) is 12.6 Å². The van der Waals surface area contributed by atoms with Gasteiger partial charge in [-0.15, -0.1) is 17.0 Å². The molecule has 2 heteroatoms. The Morgan fingerprint density at radius 1 is 0.875 bits per heavy atom. The predicted octanol–water partition coefficient (Wildman–Crippen LogP) is 4.85. The molecule has 0 aromatic heterocycles. The maximum absolute atomic E-state index is 3.71. The fourth-order valence-electron chi connectivity index (χ4n) is 2.52. The fraction of sp³-hybridized carbons (Fsp3) is 1.00. The molecule has 0 radical (unpaired) electrons. The summed E-state index contributed by atoms with van der Waals surface area (Å²) in [4.78, 5) is 0. The fourth-order valence-corrected chi connectivity index (χ4v) is 2.52. The van der Waals surface area contributed by atoms with E-state index in [2.05, 4.69) is 12.2 Å². The summed E-state index contributed by atoms with van der Waals surface area (Å²) in [7, 11) is 0. The van der Waals surface area contributed by atoms with Gasteiger partial charge in [0.25, 0.3) is 0 Å². The van der Waals surface area contributed by atoms with Crippen LogP contribution in [-0.2, 0) is 0 Å². The highest BCUT2D eigenvalue weighted by Gasteiger charge is 2.11. The van der Waals surface area contributed by atoms with Crippen molar-refractivity contribution in [3.8, 4) is 0 Å². The van der Waals surface area contributed by atoms with Crippen LogP contribution in [0.4, 0.5) is 0 Å². The van der Waals surface area contributed by atoms with Gasteiger partial charge in [-0.05, 0) is 25.8 Å². The molecule has 1 aliphatic rings. The molecule has 1 saturated carbocycles. The van der Waals surface area contributed by atoms with Crippen molar-refractivity contribution in [2.45, 2.75) is 83.6 Å². The molecule has 0 unspecified atom stereocenters. The van der Waals surface area contributed by atoms with Gasteiger partial charge < -0.3 is 5.32 Å². The summed E-state index contributed by atoms with van der Waals surface area (Å²) < 4.78 is 0. The van der Waals surface area contributed by atoms with E-state index in [1.165, 1.54) is 77.2 Å². The van der Waals surface area contributed by atoms with Crippen molar-refractivity contribution in [2.75, 3.05) is 6.54 Å². The Labute approximate surface area is 113 Å². The van der Waals surface area contributed by atoms with Crippen molar-refractivity contribution >= 4 is 17.0 Å². The van der Waals surface area contributed by atoms with Gasteiger partial charge in [-0.2, -0.15) is 0 Å². The highest BCUT2D eigenvalue weighted by Crippen LogP contribution is 2.17. The lowest BCUT2D eigenvalue weighted by molar-refractivity contribution is 0.370. The lowest BCUT2D eigenvalue weighted by Crippen LogP contribution is -2.31. The zero-order chi connectivity index (χ0) is 10.8. The van der Waals surface area contributed by atoms with Crippen molar-refractivity contribution in [1.29, 1.82) is 0 Å². The normalized spacial score (nSPS) is 17.1. The zero-order valence-electron chi connectivity index (χ0n) is 11.0. The molecule has 1 aliphatic carbocycles. The Balaban J connectivity index is 0.00000225. The van der Waals surface area contributed by atoms with Gasteiger partial charge in [-0.3, -0.25) is 0 Å². The molecule has 0 amide bonds. The molecule has 0 spiro atoms. The van der Waals surface area contributed by atoms with E-state index in [1.54, 1.807) is 0 Å². The van der Waals surface area contributed by atoms with Crippen LogP contribution in [0.3, 0.4) is 0 Å². The Morgan fingerprint density at radius 2 is 1.50 bits per heavy atom.